The minimum absolute atomic E-state index is 0.123. The van der Waals surface area contributed by atoms with Gasteiger partial charge in [0.15, 0.2) is 5.12 Å². The van der Waals surface area contributed by atoms with Gasteiger partial charge in [-0.3, -0.25) is 4.79 Å². The van der Waals surface area contributed by atoms with E-state index in [2.05, 4.69) is 0 Å². The Hall–Kier alpha value is -0.260. The van der Waals surface area contributed by atoms with E-state index in [1.165, 1.54) is 13.8 Å². The highest BCUT2D eigenvalue weighted by molar-refractivity contribution is 8.13. The SMILES string of the molecule is CCC(F)(F)CC(F)(F)CCSC(C)=O. The third-order valence-corrected chi connectivity index (χ3v) is 2.62. The molecule has 0 aromatic carbocycles. The molecule has 0 N–H and O–H groups in total. The number of thioether (sulfide) groups is 1. The second-order valence-corrected chi connectivity index (χ2v) is 4.60. The first-order valence-electron chi connectivity index (χ1n) is 4.57. The summed E-state index contributed by atoms with van der Waals surface area (Å²) in [6, 6.07) is 0. The minimum Gasteiger partial charge on any atom is -0.288 e. The zero-order chi connectivity index (χ0) is 12.1. The number of alkyl halides is 4. The predicted octanol–water partition coefficient (Wildman–Crippen LogP) is 3.73. The lowest BCUT2D eigenvalue weighted by molar-refractivity contribution is -0.112. The quantitative estimate of drug-likeness (QED) is 0.664. The van der Waals surface area contributed by atoms with Gasteiger partial charge in [-0.2, -0.15) is 0 Å². The van der Waals surface area contributed by atoms with Crippen molar-refractivity contribution in [1.82, 2.24) is 0 Å². The highest BCUT2D eigenvalue weighted by Gasteiger charge is 2.41. The normalized spacial score (nSPS) is 12.9. The van der Waals surface area contributed by atoms with E-state index in [4.69, 9.17) is 0 Å². The minimum atomic E-state index is -3.40. The molecule has 0 saturated heterocycles. The summed E-state index contributed by atoms with van der Waals surface area (Å²) in [5, 5.41) is -0.284. The molecule has 0 fully saturated rings. The average Bonchev–Trinajstić information content (AvgIpc) is 2.01. The molecule has 6 heteroatoms. The first kappa shape index (κ1) is 14.7. The maximum absolute atomic E-state index is 13.0. The Kier molecular flexibility index (Phi) is 5.62. The van der Waals surface area contributed by atoms with Crippen molar-refractivity contribution < 1.29 is 22.4 Å². The van der Waals surface area contributed by atoms with E-state index in [1.54, 1.807) is 0 Å². The van der Waals surface area contributed by atoms with Gasteiger partial charge < -0.3 is 0 Å². The van der Waals surface area contributed by atoms with Gasteiger partial charge in [0.05, 0.1) is 6.42 Å². The number of carbonyl (C=O) groups is 1. The average molecular weight is 246 g/mol. The maximum atomic E-state index is 13.0. The molecule has 0 atom stereocenters. The topological polar surface area (TPSA) is 17.1 Å². The number of hydrogen-bond donors (Lipinski definition) is 0. The summed E-state index contributed by atoms with van der Waals surface area (Å²) in [6.45, 7) is 2.42. The van der Waals surface area contributed by atoms with Crippen LogP contribution in [0, 0.1) is 0 Å². The number of carbonyl (C=O) groups excluding carboxylic acids is 1. The van der Waals surface area contributed by atoms with Crippen molar-refractivity contribution in [1.29, 1.82) is 0 Å². The molecule has 90 valence electrons. The van der Waals surface area contributed by atoms with Crippen LogP contribution in [0.15, 0.2) is 0 Å². The van der Waals surface area contributed by atoms with E-state index in [-0.39, 0.29) is 10.9 Å². The summed E-state index contributed by atoms with van der Waals surface area (Å²) in [7, 11) is 0. The van der Waals surface area contributed by atoms with Gasteiger partial charge in [0.25, 0.3) is 11.8 Å². The van der Waals surface area contributed by atoms with Crippen LogP contribution < -0.4 is 0 Å². The molecule has 0 bridgehead atoms. The number of hydrogen-bond acceptors (Lipinski definition) is 2. The molecule has 1 nitrogen and oxygen atoms in total. The smallest absolute Gasteiger partial charge is 0.254 e. The lowest BCUT2D eigenvalue weighted by Crippen LogP contribution is -2.29. The van der Waals surface area contributed by atoms with Crippen molar-refractivity contribution in [3.05, 3.63) is 0 Å². The van der Waals surface area contributed by atoms with Crippen LogP contribution >= 0.6 is 11.8 Å². The van der Waals surface area contributed by atoms with E-state index in [1.807, 2.05) is 0 Å². The fourth-order valence-corrected chi connectivity index (χ4v) is 1.62. The number of halogens is 4. The predicted molar refractivity (Wildman–Crippen MR) is 52.6 cm³/mol. The summed E-state index contributed by atoms with van der Waals surface area (Å²) in [6.07, 6.45) is -2.72. The zero-order valence-electron chi connectivity index (χ0n) is 8.66. The van der Waals surface area contributed by atoms with E-state index in [0.717, 1.165) is 11.8 Å². The van der Waals surface area contributed by atoms with Crippen LogP contribution in [-0.4, -0.2) is 22.7 Å². The van der Waals surface area contributed by atoms with E-state index in [9.17, 15) is 22.4 Å². The third kappa shape index (κ3) is 7.64. The van der Waals surface area contributed by atoms with Crippen LogP contribution in [0.4, 0.5) is 17.6 Å². The Labute approximate surface area is 90.6 Å². The molecular weight excluding hydrogens is 232 g/mol. The maximum Gasteiger partial charge on any atom is 0.254 e. The lowest BCUT2D eigenvalue weighted by atomic mass is 10.1. The zero-order valence-corrected chi connectivity index (χ0v) is 9.47. The second kappa shape index (κ2) is 5.72. The van der Waals surface area contributed by atoms with Crippen LogP contribution in [0.2, 0.25) is 0 Å². The van der Waals surface area contributed by atoms with Gasteiger partial charge in [-0.15, -0.1) is 0 Å². The van der Waals surface area contributed by atoms with Crippen molar-refractivity contribution >= 4 is 16.9 Å². The molecule has 0 unspecified atom stereocenters. The third-order valence-electron chi connectivity index (χ3n) is 1.81. The molecule has 0 radical (unpaired) electrons. The molecule has 0 aliphatic heterocycles. The van der Waals surface area contributed by atoms with Crippen LogP contribution in [0.3, 0.4) is 0 Å². The Balaban J connectivity index is 4.01. The van der Waals surface area contributed by atoms with Crippen LogP contribution in [0.1, 0.15) is 33.1 Å². The molecule has 0 amide bonds. The Morgan fingerprint density at radius 3 is 2.13 bits per heavy atom. The summed E-state index contributed by atoms with van der Waals surface area (Å²) >= 11 is 0.728. The highest BCUT2D eigenvalue weighted by atomic mass is 32.2. The molecule has 0 rings (SSSR count). The van der Waals surface area contributed by atoms with Crippen molar-refractivity contribution in [3.8, 4) is 0 Å². The van der Waals surface area contributed by atoms with Crippen molar-refractivity contribution in [2.24, 2.45) is 0 Å². The molecule has 15 heavy (non-hydrogen) atoms. The molecule has 0 spiro atoms. The van der Waals surface area contributed by atoms with Crippen LogP contribution in [-0.2, 0) is 4.79 Å². The van der Waals surface area contributed by atoms with Crippen LogP contribution in [0.5, 0.6) is 0 Å². The van der Waals surface area contributed by atoms with Gasteiger partial charge >= 0.3 is 0 Å². The highest BCUT2D eigenvalue weighted by Crippen LogP contribution is 2.35. The molecule has 0 saturated carbocycles. The molecule has 0 aliphatic carbocycles. The second-order valence-electron chi connectivity index (χ2n) is 3.33. The van der Waals surface area contributed by atoms with E-state index in [0.29, 0.717) is 0 Å². The van der Waals surface area contributed by atoms with Crippen molar-refractivity contribution in [2.45, 2.75) is 45.0 Å². The van der Waals surface area contributed by atoms with Gasteiger partial charge in [0, 0.05) is 25.5 Å². The fourth-order valence-electron chi connectivity index (χ4n) is 0.936. The first-order chi connectivity index (χ1) is 6.68. The molecular formula is C9H14F4OS. The molecule has 0 aromatic heterocycles. The lowest BCUT2D eigenvalue weighted by Gasteiger charge is -2.21. The molecule has 0 heterocycles. The van der Waals surface area contributed by atoms with Gasteiger partial charge in [0.2, 0.25) is 0 Å². The van der Waals surface area contributed by atoms with Crippen molar-refractivity contribution in [2.75, 3.05) is 5.75 Å². The van der Waals surface area contributed by atoms with Gasteiger partial charge in [-0.25, -0.2) is 17.6 Å². The Morgan fingerprint density at radius 2 is 1.73 bits per heavy atom. The molecule has 0 aromatic rings. The van der Waals surface area contributed by atoms with Crippen molar-refractivity contribution in [3.63, 3.8) is 0 Å². The Bertz CT molecular complexity index is 218. The van der Waals surface area contributed by atoms with E-state index >= 15 is 0 Å². The Morgan fingerprint density at radius 1 is 1.20 bits per heavy atom. The van der Waals surface area contributed by atoms with Gasteiger partial charge in [-0.05, 0) is 0 Å². The van der Waals surface area contributed by atoms with E-state index < -0.39 is 31.1 Å². The monoisotopic (exact) mass is 246 g/mol. The summed E-state index contributed by atoms with van der Waals surface area (Å²) < 4.78 is 51.3. The van der Waals surface area contributed by atoms with Gasteiger partial charge in [0.1, 0.15) is 0 Å². The van der Waals surface area contributed by atoms with Crippen LogP contribution in [0.25, 0.3) is 0 Å². The standard InChI is InChI=1S/C9H14F4OS/c1-3-8(10,11)6-9(12,13)4-5-15-7(2)14/h3-6H2,1-2H3. The summed E-state index contributed by atoms with van der Waals surface area (Å²) in [5.74, 6) is -6.85. The summed E-state index contributed by atoms with van der Waals surface area (Å²) in [4.78, 5) is 10.4. The number of rotatable bonds is 6. The molecule has 0 aliphatic rings. The fraction of sp³-hybridized carbons (Fsp3) is 0.889. The summed E-state index contributed by atoms with van der Waals surface area (Å²) in [5.41, 5.74) is 0. The van der Waals surface area contributed by atoms with Gasteiger partial charge in [-0.1, -0.05) is 18.7 Å². The largest absolute Gasteiger partial charge is 0.288 e. The first-order valence-corrected chi connectivity index (χ1v) is 5.56.